The molecule has 2 aromatic rings. The standard InChI is InChI=1S/C17H16BrN3O6/c1-10(27-13-5-3-12(18)4-6-13)17(23)20-19-9-11-7-14(21(24)25)16(22)15(8-11)26-2/h3-10,22H,1-2H3,(H,20,23)/b19-9+. The highest BCUT2D eigenvalue weighted by molar-refractivity contribution is 9.10. The molecule has 0 heterocycles. The molecule has 0 aliphatic carbocycles. The van der Waals surface area contributed by atoms with Crippen molar-refractivity contribution in [2.24, 2.45) is 5.10 Å². The van der Waals surface area contributed by atoms with Crippen LogP contribution in [0.5, 0.6) is 17.2 Å². The van der Waals surface area contributed by atoms with Gasteiger partial charge in [-0.2, -0.15) is 5.10 Å². The smallest absolute Gasteiger partial charge is 0.315 e. The van der Waals surface area contributed by atoms with Gasteiger partial charge >= 0.3 is 5.69 Å². The van der Waals surface area contributed by atoms with Crippen LogP contribution in [-0.4, -0.2) is 35.4 Å². The van der Waals surface area contributed by atoms with E-state index < -0.39 is 28.4 Å². The molecule has 1 atom stereocenters. The molecule has 0 spiro atoms. The zero-order chi connectivity index (χ0) is 20.0. The molecule has 0 bridgehead atoms. The van der Waals surface area contributed by atoms with Crippen molar-refractivity contribution in [1.82, 2.24) is 5.43 Å². The summed E-state index contributed by atoms with van der Waals surface area (Å²) in [5.41, 5.74) is 2.02. The quantitative estimate of drug-likeness (QED) is 0.389. The molecule has 0 fully saturated rings. The van der Waals surface area contributed by atoms with Gasteiger partial charge in [-0.1, -0.05) is 15.9 Å². The number of methoxy groups -OCH3 is 1. The second kappa shape index (κ2) is 8.99. The number of hydrazone groups is 1. The van der Waals surface area contributed by atoms with E-state index >= 15 is 0 Å². The summed E-state index contributed by atoms with van der Waals surface area (Å²) in [6.07, 6.45) is 0.381. The van der Waals surface area contributed by atoms with Gasteiger partial charge in [0.15, 0.2) is 11.9 Å². The van der Waals surface area contributed by atoms with E-state index in [1.54, 1.807) is 31.2 Å². The van der Waals surface area contributed by atoms with Crippen LogP contribution in [0.25, 0.3) is 0 Å². The highest BCUT2D eigenvalue weighted by atomic mass is 79.9. The van der Waals surface area contributed by atoms with Crippen molar-refractivity contribution in [3.63, 3.8) is 0 Å². The number of hydrogen-bond acceptors (Lipinski definition) is 7. The molecule has 2 N–H and O–H groups in total. The van der Waals surface area contributed by atoms with Crippen molar-refractivity contribution < 1.29 is 24.3 Å². The second-order valence-corrected chi connectivity index (χ2v) is 6.21. The third-order valence-electron chi connectivity index (χ3n) is 3.38. The van der Waals surface area contributed by atoms with Crippen LogP contribution in [0.2, 0.25) is 0 Å². The number of phenols is 1. The minimum atomic E-state index is -0.813. The van der Waals surface area contributed by atoms with Crippen LogP contribution in [0.4, 0.5) is 5.69 Å². The molecule has 1 unspecified atom stereocenters. The lowest BCUT2D eigenvalue weighted by Gasteiger charge is -2.12. The van der Waals surface area contributed by atoms with Crippen molar-refractivity contribution in [3.05, 3.63) is 56.5 Å². The van der Waals surface area contributed by atoms with E-state index in [2.05, 4.69) is 26.5 Å². The summed E-state index contributed by atoms with van der Waals surface area (Å²) < 4.78 is 11.3. The molecule has 0 aliphatic heterocycles. The lowest BCUT2D eigenvalue weighted by Crippen LogP contribution is -2.33. The predicted octanol–water partition coefficient (Wildman–Crippen LogP) is 2.99. The Bertz CT molecular complexity index is 870. The van der Waals surface area contributed by atoms with Gasteiger partial charge in [-0.3, -0.25) is 14.9 Å². The number of ether oxygens (including phenoxy) is 2. The van der Waals surface area contributed by atoms with Crippen LogP contribution in [0.1, 0.15) is 12.5 Å². The molecule has 10 heteroatoms. The lowest BCUT2D eigenvalue weighted by molar-refractivity contribution is -0.386. The Kier molecular flexibility index (Phi) is 6.72. The number of amides is 1. The Balaban J connectivity index is 2.03. The van der Waals surface area contributed by atoms with Crippen molar-refractivity contribution in [1.29, 1.82) is 0 Å². The van der Waals surface area contributed by atoms with Crippen LogP contribution < -0.4 is 14.9 Å². The molecule has 0 saturated carbocycles. The Hall–Kier alpha value is -3.14. The van der Waals surface area contributed by atoms with Gasteiger partial charge in [-0.15, -0.1) is 0 Å². The number of nitrogens with one attached hydrogen (secondary N) is 1. The number of carbonyl (C=O) groups is 1. The largest absolute Gasteiger partial charge is 0.500 e. The van der Waals surface area contributed by atoms with Crippen LogP contribution in [0.15, 0.2) is 46.0 Å². The fraction of sp³-hybridized carbons (Fsp3) is 0.176. The number of benzene rings is 2. The van der Waals surface area contributed by atoms with Crippen molar-refractivity contribution in [3.8, 4) is 17.2 Å². The average Bonchev–Trinajstić information content (AvgIpc) is 2.64. The summed E-state index contributed by atoms with van der Waals surface area (Å²) in [5.74, 6) is -0.651. The summed E-state index contributed by atoms with van der Waals surface area (Å²) in [4.78, 5) is 22.2. The molecule has 9 nitrogen and oxygen atoms in total. The van der Waals surface area contributed by atoms with Crippen LogP contribution in [-0.2, 0) is 4.79 Å². The summed E-state index contributed by atoms with van der Waals surface area (Å²) in [6, 6.07) is 9.43. The molecule has 142 valence electrons. The number of aromatic hydroxyl groups is 1. The van der Waals surface area contributed by atoms with Crippen LogP contribution in [0.3, 0.4) is 0 Å². The van der Waals surface area contributed by atoms with Gasteiger partial charge in [0.05, 0.1) is 18.2 Å². The zero-order valence-electron chi connectivity index (χ0n) is 14.4. The molecule has 27 heavy (non-hydrogen) atoms. The molecule has 1 amide bonds. The number of carbonyl (C=O) groups excluding carboxylic acids is 1. The summed E-state index contributed by atoms with van der Waals surface area (Å²) in [6.45, 7) is 1.56. The zero-order valence-corrected chi connectivity index (χ0v) is 16.0. The molecule has 2 rings (SSSR count). The first-order valence-electron chi connectivity index (χ1n) is 7.62. The monoisotopic (exact) mass is 437 g/mol. The van der Waals surface area contributed by atoms with E-state index in [1.807, 2.05) is 0 Å². The minimum Gasteiger partial charge on any atom is -0.500 e. The number of rotatable bonds is 7. The molecule has 0 aliphatic rings. The first-order valence-corrected chi connectivity index (χ1v) is 8.41. The van der Waals surface area contributed by atoms with Gasteiger partial charge in [-0.05, 0) is 37.3 Å². The normalized spacial score (nSPS) is 11.8. The summed E-state index contributed by atoms with van der Waals surface area (Å²) in [7, 11) is 1.27. The van der Waals surface area contributed by atoms with E-state index in [0.717, 1.165) is 10.5 Å². The van der Waals surface area contributed by atoms with E-state index in [9.17, 15) is 20.0 Å². The Morgan fingerprint density at radius 2 is 2.04 bits per heavy atom. The van der Waals surface area contributed by atoms with Crippen LogP contribution >= 0.6 is 15.9 Å². The van der Waals surface area contributed by atoms with Gasteiger partial charge in [0.2, 0.25) is 5.75 Å². The van der Waals surface area contributed by atoms with Crippen molar-refractivity contribution >= 4 is 33.7 Å². The van der Waals surface area contributed by atoms with E-state index in [0.29, 0.717) is 5.75 Å². The topological polar surface area (TPSA) is 123 Å². The SMILES string of the molecule is COc1cc(/C=N/NC(=O)C(C)Oc2ccc(Br)cc2)cc([N+](=O)[O-])c1O. The molecule has 0 saturated heterocycles. The minimum absolute atomic E-state index is 0.0797. The Morgan fingerprint density at radius 3 is 2.63 bits per heavy atom. The number of nitro benzene ring substituents is 1. The number of halogens is 1. The number of hydrogen-bond donors (Lipinski definition) is 2. The maximum absolute atomic E-state index is 12.0. The number of nitrogens with zero attached hydrogens (tertiary/aromatic N) is 2. The molecule has 0 aromatic heterocycles. The van der Waals surface area contributed by atoms with E-state index in [-0.39, 0.29) is 11.3 Å². The molecular formula is C17H16BrN3O6. The third kappa shape index (κ3) is 5.42. The predicted molar refractivity (Wildman–Crippen MR) is 101 cm³/mol. The maximum Gasteiger partial charge on any atom is 0.315 e. The fourth-order valence-electron chi connectivity index (χ4n) is 2.02. The Morgan fingerprint density at radius 1 is 1.37 bits per heavy atom. The highest BCUT2D eigenvalue weighted by Gasteiger charge is 2.19. The first-order chi connectivity index (χ1) is 12.8. The summed E-state index contributed by atoms with van der Waals surface area (Å²) >= 11 is 3.30. The van der Waals surface area contributed by atoms with Gasteiger partial charge in [0.1, 0.15) is 5.75 Å². The van der Waals surface area contributed by atoms with Gasteiger partial charge in [0, 0.05) is 16.1 Å². The third-order valence-corrected chi connectivity index (χ3v) is 3.91. The first kappa shape index (κ1) is 20.2. The Labute approximate surface area is 162 Å². The van der Waals surface area contributed by atoms with E-state index in [4.69, 9.17) is 9.47 Å². The van der Waals surface area contributed by atoms with E-state index in [1.165, 1.54) is 19.4 Å². The van der Waals surface area contributed by atoms with Crippen molar-refractivity contribution in [2.75, 3.05) is 7.11 Å². The number of phenolic OH excluding ortho intramolecular Hbond substituents is 1. The molecule has 0 radical (unpaired) electrons. The molecule has 2 aromatic carbocycles. The lowest BCUT2D eigenvalue weighted by atomic mass is 10.2. The second-order valence-electron chi connectivity index (χ2n) is 5.30. The number of nitro groups is 1. The fourth-order valence-corrected chi connectivity index (χ4v) is 2.28. The summed E-state index contributed by atoms with van der Waals surface area (Å²) in [5, 5.41) is 24.4. The van der Waals surface area contributed by atoms with Gasteiger partial charge in [0.25, 0.3) is 5.91 Å². The maximum atomic E-state index is 12.0. The average molecular weight is 438 g/mol. The van der Waals surface area contributed by atoms with Crippen LogP contribution in [0, 0.1) is 10.1 Å². The van der Waals surface area contributed by atoms with Gasteiger partial charge in [-0.25, -0.2) is 5.43 Å². The molecular weight excluding hydrogens is 422 g/mol. The highest BCUT2D eigenvalue weighted by Crippen LogP contribution is 2.36. The van der Waals surface area contributed by atoms with Crippen molar-refractivity contribution in [2.45, 2.75) is 13.0 Å². The van der Waals surface area contributed by atoms with Gasteiger partial charge < -0.3 is 14.6 Å².